The van der Waals surface area contributed by atoms with Crippen molar-refractivity contribution in [2.75, 3.05) is 52.2 Å². The maximum atomic E-state index is 12.4. The summed E-state index contributed by atoms with van der Waals surface area (Å²) in [7, 11) is 1.90. The Balaban J connectivity index is 1.72. The number of likely N-dealkylation sites (N-methyl/N-ethyl adjacent to an activating group) is 1. The normalized spacial score (nSPS) is 26.6. The number of urea groups is 1. The molecule has 1 N–H and O–H groups in total. The summed E-state index contributed by atoms with van der Waals surface area (Å²) in [6.07, 6.45) is 4.90. The molecule has 2 atom stereocenters. The molecule has 1 saturated heterocycles. The summed E-state index contributed by atoms with van der Waals surface area (Å²) >= 11 is 1.99. The first-order valence-corrected chi connectivity index (χ1v) is 9.69. The van der Waals surface area contributed by atoms with Crippen molar-refractivity contribution < 1.29 is 9.53 Å². The summed E-state index contributed by atoms with van der Waals surface area (Å²) in [4.78, 5) is 16.6. The number of ether oxygens (including phenoxy) is 1. The maximum absolute atomic E-state index is 12.4. The molecule has 0 spiro atoms. The van der Waals surface area contributed by atoms with Gasteiger partial charge in [-0.1, -0.05) is 19.8 Å². The molecule has 0 bridgehead atoms. The lowest BCUT2D eigenvalue weighted by Crippen LogP contribution is -2.50. The number of carbonyl (C=O) groups is 1. The van der Waals surface area contributed by atoms with E-state index in [0.29, 0.717) is 11.3 Å². The summed E-state index contributed by atoms with van der Waals surface area (Å²) < 4.78 is 5.35. The third-order valence-electron chi connectivity index (χ3n) is 4.59. The van der Waals surface area contributed by atoms with Crippen LogP contribution in [-0.2, 0) is 4.74 Å². The van der Waals surface area contributed by atoms with Gasteiger partial charge < -0.3 is 15.0 Å². The zero-order valence-corrected chi connectivity index (χ0v) is 14.9. The monoisotopic (exact) mass is 329 g/mol. The molecule has 2 fully saturated rings. The van der Waals surface area contributed by atoms with Gasteiger partial charge in [0.1, 0.15) is 0 Å². The Kier molecular flexibility index (Phi) is 7.83. The number of nitrogens with zero attached hydrogens (tertiary/aromatic N) is 2. The number of amides is 2. The van der Waals surface area contributed by atoms with E-state index in [1.807, 2.05) is 23.7 Å². The van der Waals surface area contributed by atoms with Crippen LogP contribution in [0.2, 0.25) is 0 Å². The molecule has 1 aliphatic heterocycles. The Bertz CT molecular complexity index is 335. The first-order chi connectivity index (χ1) is 10.7. The van der Waals surface area contributed by atoms with Gasteiger partial charge in [-0.25, -0.2) is 4.79 Å². The van der Waals surface area contributed by atoms with Crippen molar-refractivity contribution in [3.8, 4) is 0 Å². The van der Waals surface area contributed by atoms with E-state index in [2.05, 4.69) is 17.1 Å². The Morgan fingerprint density at radius 3 is 2.77 bits per heavy atom. The summed E-state index contributed by atoms with van der Waals surface area (Å²) in [6.45, 7) is 7.50. The maximum Gasteiger partial charge on any atom is 0.317 e. The van der Waals surface area contributed by atoms with E-state index in [9.17, 15) is 4.79 Å². The molecule has 2 aliphatic rings. The molecule has 1 saturated carbocycles. The lowest BCUT2D eigenvalue weighted by Gasteiger charge is -2.33. The van der Waals surface area contributed by atoms with Gasteiger partial charge in [0.25, 0.3) is 0 Å². The molecule has 0 radical (unpaired) electrons. The second-order valence-electron chi connectivity index (χ2n) is 6.21. The molecule has 0 aromatic carbocycles. The van der Waals surface area contributed by atoms with Crippen LogP contribution < -0.4 is 5.32 Å². The van der Waals surface area contributed by atoms with Crippen LogP contribution >= 0.6 is 11.8 Å². The van der Waals surface area contributed by atoms with Gasteiger partial charge in [-0.2, -0.15) is 11.8 Å². The Labute approximate surface area is 139 Å². The average Bonchev–Trinajstić information content (AvgIpc) is 2.55. The smallest absolute Gasteiger partial charge is 0.317 e. The second-order valence-corrected chi connectivity index (χ2v) is 7.73. The van der Waals surface area contributed by atoms with E-state index in [1.54, 1.807) is 0 Å². The molecule has 0 aromatic heterocycles. The van der Waals surface area contributed by atoms with E-state index >= 15 is 0 Å². The Morgan fingerprint density at radius 1 is 1.32 bits per heavy atom. The van der Waals surface area contributed by atoms with Gasteiger partial charge in [-0.3, -0.25) is 4.90 Å². The van der Waals surface area contributed by atoms with E-state index in [0.717, 1.165) is 51.6 Å². The summed E-state index contributed by atoms with van der Waals surface area (Å²) in [5.41, 5.74) is 0. The SMILES string of the molecule is CCS[C@@H]1CCCC[C@@H]1NC(=O)N(C)CCN1CCOCC1. The highest BCUT2D eigenvalue weighted by molar-refractivity contribution is 7.99. The number of rotatable bonds is 6. The van der Waals surface area contributed by atoms with E-state index in [4.69, 9.17) is 4.74 Å². The van der Waals surface area contributed by atoms with Gasteiger partial charge in [-0.05, 0) is 18.6 Å². The number of carbonyl (C=O) groups excluding carboxylic acids is 1. The van der Waals surface area contributed by atoms with E-state index < -0.39 is 0 Å². The third kappa shape index (κ3) is 5.63. The van der Waals surface area contributed by atoms with Crippen molar-refractivity contribution in [1.29, 1.82) is 0 Å². The van der Waals surface area contributed by atoms with Gasteiger partial charge in [0.15, 0.2) is 0 Å². The molecule has 6 heteroatoms. The van der Waals surface area contributed by atoms with Crippen LogP contribution in [0.25, 0.3) is 0 Å². The van der Waals surface area contributed by atoms with Crippen LogP contribution in [0.5, 0.6) is 0 Å². The average molecular weight is 330 g/mol. The molecule has 5 nitrogen and oxygen atoms in total. The van der Waals surface area contributed by atoms with Crippen molar-refractivity contribution in [2.24, 2.45) is 0 Å². The number of thioether (sulfide) groups is 1. The van der Waals surface area contributed by atoms with Crippen molar-refractivity contribution in [2.45, 2.75) is 43.9 Å². The van der Waals surface area contributed by atoms with Crippen molar-refractivity contribution in [1.82, 2.24) is 15.1 Å². The molecule has 2 rings (SSSR count). The van der Waals surface area contributed by atoms with Crippen molar-refractivity contribution in [3.63, 3.8) is 0 Å². The van der Waals surface area contributed by atoms with E-state index in [1.165, 1.54) is 19.3 Å². The van der Waals surface area contributed by atoms with Gasteiger partial charge >= 0.3 is 6.03 Å². The van der Waals surface area contributed by atoms with Crippen LogP contribution in [0.3, 0.4) is 0 Å². The van der Waals surface area contributed by atoms with Crippen molar-refractivity contribution >= 4 is 17.8 Å². The predicted octanol–water partition coefficient (Wildman–Crippen LogP) is 2.02. The number of nitrogens with one attached hydrogen (secondary N) is 1. The third-order valence-corrected chi connectivity index (χ3v) is 5.92. The van der Waals surface area contributed by atoms with Gasteiger partial charge in [0.2, 0.25) is 0 Å². The minimum Gasteiger partial charge on any atom is -0.379 e. The van der Waals surface area contributed by atoms with Crippen LogP contribution in [-0.4, -0.2) is 79.3 Å². The highest BCUT2D eigenvalue weighted by atomic mass is 32.2. The minimum absolute atomic E-state index is 0.0851. The molecule has 2 amide bonds. The number of hydrogen-bond acceptors (Lipinski definition) is 4. The van der Waals surface area contributed by atoms with Gasteiger partial charge in [-0.15, -0.1) is 0 Å². The summed E-state index contributed by atoms with van der Waals surface area (Å²) in [5, 5.41) is 3.86. The van der Waals surface area contributed by atoms with Crippen LogP contribution in [0, 0.1) is 0 Å². The molecule has 128 valence electrons. The van der Waals surface area contributed by atoms with Gasteiger partial charge in [0, 0.05) is 44.5 Å². The highest BCUT2D eigenvalue weighted by Crippen LogP contribution is 2.28. The molecule has 22 heavy (non-hydrogen) atoms. The first kappa shape index (κ1) is 17.9. The summed E-state index contributed by atoms with van der Waals surface area (Å²) in [6, 6.07) is 0.430. The van der Waals surface area contributed by atoms with Crippen molar-refractivity contribution in [3.05, 3.63) is 0 Å². The molecular formula is C16H31N3O2S. The fourth-order valence-corrected chi connectivity index (χ4v) is 4.36. The lowest BCUT2D eigenvalue weighted by molar-refractivity contribution is 0.0356. The van der Waals surface area contributed by atoms with Crippen LogP contribution in [0.15, 0.2) is 0 Å². The molecule has 1 heterocycles. The zero-order valence-electron chi connectivity index (χ0n) is 14.1. The molecule has 0 unspecified atom stereocenters. The first-order valence-electron chi connectivity index (χ1n) is 8.64. The molecule has 0 aromatic rings. The summed E-state index contributed by atoms with van der Waals surface area (Å²) in [5.74, 6) is 1.13. The second kappa shape index (κ2) is 9.63. The number of hydrogen-bond donors (Lipinski definition) is 1. The molecule has 1 aliphatic carbocycles. The fraction of sp³-hybridized carbons (Fsp3) is 0.938. The van der Waals surface area contributed by atoms with Gasteiger partial charge in [0.05, 0.1) is 13.2 Å². The minimum atomic E-state index is 0.0851. The quantitative estimate of drug-likeness (QED) is 0.810. The standard InChI is InChI=1S/C16H31N3O2S/c1-3-22-15-7-5-4-6-14(15)17-16(20)18(2)8-9-19-10-12-21-13-11-19/h14-15H,3-13H2,1-2H3,(H,17,20)/t14-,15+/m0/s1. The molecular weight excluding hydrogens is 298 g/mol. The van der Waals surface area contributed by atoms with Crippen LogP contribution in [0.1, 0.15) is 32.6 Å². The largest absolute Gasteiger partial charge is 0.379 e. The van der Waals surface area contributed by atoms with Crippen LogP contribution in [0.4, 0.5) is 4.79 Å². The lowest BCUT2D eigenvalue weighted by atomic mass is 9.95. The topological polar surface area (TPSA) is 44.8 Å². The highest BCUT2D eigenvalue weighted by Gasteiger charge is 2.27. The Morgan fingerprint density at radius 2 is 2.05 bits per heavy atom. The number of morpholine rings is 1. The predicted molar refractivity (Wildman–Crippen MR) is 92.6 cm³/mol. The van der Waals surface area contributed by atoms with E-state index in [-0.39, 0.29) is 6.03 Å². The zero-order chi connectivity index (χ0) is 15.8. The fourth-order valence-electron chi connectivity index (χ4n) is 3.16. The Hall–Kier alpha value is -0.460.